The van der Waals surface area contributed by atoms with E-state index in [2.05, 4.69) is 52.7 Å². The van der Waals surface area contributed by atoms with Gasteiger partial charge in [0.2, 0.25) is 0 Å². The maximum atomic E-state index is 12.3. The number of pyridine rings is 1. The first kappa shape index (κ1) is 19.8. The molecule has 4 nitrogen and oxygen atoms in total. The predicted octanol–water partition coefficient (Wildman–Crippen LogP) is 4.84. The predicted molar refractivity (Wildman–Crippen MR) is 115 cm³/mol. The number of fused-ring (bicyclic) bond motifs is 1. The number of aromatic amines is 1. The number of aromatic nitrogens is 2. The van der Waals surface area contributed by atoms with E-state index in [4.69, 9.17) is 4.74 Å². The number of H-pyrrole nitrogens is 1. The molecule has 0 unspecified atom stereocenters. The van der Waals surface area contributed by atoms with Crippen molar-refractivity contribution in [3.05, 3.63) is 64.0 Å². The van der Waals surface area contributed by atoms with Crippen LogP contribution in [0.5, 0.6) is 0 Å². The molecule has 142 valence electrons. The van der Waals surface area contributed by atoms with Crippen molar-refractivity contribution >= 4 is 40.9 Å². The summed E-state index contributed by atoms with van der Waals surface area (Å²) in [5, 5.41) is 1.20. The smallest absolute Gasteiger partial charge is 0.344 e. The van der Waals surface area contributed by atoms with Gasteiger partial charge in [0.1, 0.15) is 12.6 Å². The lowest BCUT2D eigenvalue weighted by molar-refractivity contribution is -0.678. The number of hydrogen-bond donors (Lipinski definition) is 1. The first-order valence-electron chi connectivity index (χ1n) is 9.15. The first-order valence-corrected chi connectivity index (χ1v) is 13.6. The van der Waals surface area contributed by atoms with E-state index in [0.29, 0.717) is 12.2 Å². The SMILES string of the molecule is C[n+]1cc(C(=O)OCC[Si](C)(C)C)ccc1Cc1c[nH]c2cccc(Br)c12. The van der Waals surface area contributed by atoms with Crippen LogP contribution in [0, 0.1) is 0 Å². The van der Waals surface area contributed by atoms with Gasteiger partial charge in [0, 0.05) is 35.7 Å². The lowest BCUT2D eigenvalue weighted by Gasteiger charge is -2.15. The van der Waals surface area contributed by atoms with E-state index in [1.807, 2.05) is 42.2 Å². The van der Waals surface area contributed by atoms with Crippen molar-refractivity contribution in [1.29, 1.82) is 0 Å². The van der Waals surface area contributed by atoms with Gasteiger partial charge in [-0.25, -0.2) is 9.36 Å². The van der Waals surface area contributed by atoms with Gasteiger partial charge in [-0.3, -0.25) is 0 Å². The Balaban J connectivity index is 1.74. The number of benzene rings is 1. The van der Waals surface area contributed by atoms with Gasteiger partial charge < -0.3 is 9.72 Å². The standard InChI is InChI=1S/C21H26BrN2O2Si/c1-24-14-15(21(25)26-10-11-27(2,3)4)8-9-17(24)12-16-13-23-19-7-5-6-18(22)20(16)19/h5-9,13-14,23H,10-12H2,1-4H3/q+1. The zero-order valence-corrected chi connectivity index (χ0v) is 18.9. The Morgan fingerprint density at radius 2 is 2.00 bits per heavy atom. The minimum absolute atomic E-state index is 0.245. The summed E-state index contributed by atoms with van der Waals surface area (Å²) in [6.45, 7) is 7.33. The van der Waals surface area contributed by atoms with Gasteiger partial charge in [0.15, 0.2) is 11.9 Å². The maximum Gasteiger partial charge on any atom is 0.344 e. The number of esters is 1. The van der Waals surface area contributed by atoms with Gasteiger partial charge in [-0.2, -0.15) is 0 Å². The monoisotopic (exact) mass is 445 g/mol. The molecule has 1 N–H and O–H groups in total. The molecule has 3 aromatic rings. The van der Waals surface area contributed by atoms with Gasteiger partial charge >= 0.3 is 5.97 Å². The number of nitrogens with zero attached hydrogens (tertiary/aromatic N) is 1. The molecule has 3 rings (SSSR count). The van der Waals surface area contributed by atoms with Crippen LogP contribution in [-0.4, -0.2) is 25.6 Å². The Hall–Kier alpha value is -1.92. The molecule has 0 atom stereocenters. The van der Waals surface area contributed by atoms with Crippen LogP contribution in [0.1, 0.15) is 21.6 Å². The Morgan fingerprint density at radius 1 is 1.22 bits per heavy atom. The summed E-state index contributed by atoms with van der Waals surface area (Å²) in [4.78, 5) is 15.6. The second kappa shape index (κ2) is 7.98. The third-order valence-corrected chi connectivity index (χ3v) is 7.04. The van der Waals surface area contributed by atoms with Gasteiger partial charge in [-0.15, -0.1) is 0 Å². The summed E-state index contributed by atoms with van der Waals surface area (Å²) in [6, 6.07) is 11.0. The fraction of sp³-hybridized carbons (Fsp3) is 0.333. The fourth-order valence-electron chi connectivity index (χ4n) is 3.02. The van der Waals surface area contributed by atoms with E-state index >= 15 is 0 Å². The van der Waals surface area contributed by atoms with E-state index in [9.17, 15) is 4.79 Å². The highest BCUT2D eigenvalue weighted by atomic mass is 79.9. The second-order valence-electron chi connectivity index (χ2n) is 8.12. The molecule has 0 saturated heterocycles. The van der Waals surface area contributed by atoms with E-state index < -0.39 is 8.07 Å². The third-order valence-electron chi connectivity index (χ3n) is 4.67. The number of halogens is 1. The Labute approximate surface area is 169 Å². The molecule has 0 aliphatic rings. The highest BCUT2D eigenvalue weighted by Crippen LogP contribution is 2.28. The minimum atomic E-state index is -1.20. The summed E-state index contributed by atoms with van der Waals surface area (Å²) in [6.07, 6.45) is 4.69. The van der Waals surface area contributed by atoms with Crippen LogP contribution in [0.3, 0.4) is 0 Å². The summed E-state index contributed by atoms with van der Waals surface area (Å²) < 4.78 is 8.54. The van der Waals surface area contributed by atoms with E-state index in [1.165, 1.54) is 10.9 Å². The van der Waals surface area contributed by atoms with E-state index in [0.717, 1.165) is 28.1 Å². The molecule has 6 heteroatoms. The average molecular weight is 446 g/mol. The van der Waals surface area contributed by atoms with E-state index in [-0.39, 0.29) is 5.97 Å². The maximum absolute atomic E-state index is 12.3. The quantitative estimate of drug-likeness (QED) is 0.335. The summed E-state index contributed by atoms with van der Waals surface area (Å²) in [5.74, 6) is -0.245. The normalized spacial score (nSPS) is 11.7. The van der Waals surface area contributed by atoms with Crippen LogP contribution in [-0.2, 0) is 18.2 Å². The molecular formula is C21H26BrN2O2Si+. The summed E-state index contributed by atoms with van der Waals surface area (Å²) in [5.41, 5.74) is 4.06. The molecule has 0 aliphatic carbocycles. The van der Waals surface area contributed by atoms with Gasteiger partial charge in [0.25, 0.3) is 0 Å². The van der Waals surface area contributed by atoms with Crippen molar-refractivity contribution in [2.75, 3.05) is 6.61 Å². The van der Waals surface area contributed by atoms with Gasteiger partial charge in [-0.1, -0.05) is 41.6 Å². The van der Waals surface area contributed by atoms with Crippen LogP contribution in [0.2, 0.25) is 25.7 Å². The molecule has 2 heterocycles. The number of carbonyl (C=O) groups is 1. The van der Waals surface area contributed by atoms with Crippen molar-refractivity contribution in [3.8, 4) is 0 Å². The van der Waals surface area contributed by atoms with Crippen LogP contribution >= 0.6 is 15.9 Å². The van der Waals surface area contributed by atoms with Crippen molar-refractivity contribution in [3.63, 3.8) is 0 Å². The lowest BCUT2D eigenvalue weighted by atomic mass is 10.1. The van der Waals surface area contributed by atoms with Gasteiger partial charge in [-0.05, 0) is 29.8 Å². The average Bonchev–Trinajstić information content (AvgIpc) is 3.00. The molecule has 0 spiro atoms. The molecule has 0 saturated carbocycles. The minimum Gasteiger partial charge on any atom is -0.462 e. The molecule has 1 aromatic carbocycles. The van der Waals surface area contributed by atoms with Crippen molar-refractivity contribution < 1.29 is 14.1 Å². The number of hydrogen-bond acceptors (Lipinski definition) is 2. The summed E-state index contributed by atoms with van der Waals surface area (Å²) in [7, 11) is 0.772. The van der Waals surface area contributed by atoms with Gasteiger partial charge in [0.05, 0.1) is 13.0 Å². The molecule has 0 radical (unpaired) electrons. The molecule has 0 fully saturated rings. The molecule has 27 heavy (non-hydrogen) atoms. The Bertz CT molecular complexity index is 976. The molecule has 0 amide bonds. The number of rotatable bonds is 6. The number of carbonyl (C=O) groups excluding carboxylic acids is 1. The van der Waals surface area contributed by atoms with Crippen molar-refractivity contribution in [2.24, 2.45) is 7.05 Å². The number of nitrogens with one attached hydrogen (secondary N) is 1. The molecule has 0 bridgehead atoms. The fourth-order valence-corrected chi connectivity index (χ4v) is 4.35. The number of aryl methyl sites for hydroxylation is 1. The van der Waals surface area contributed by atoms with Crippen LogP contribution in [0.15, 0.2) is 47.2 Å². The molecule has 0 aliphatic heterocycles. The summed E-state index contributed by atoms with van der Waals surface area (Å²) >= 11 is 3.64. The Kier molecular flexibility index (Phi) is 5.86. The Morgan fingerprint density at radius 3 is 2.70 bits per heavy atom. The lowest BCUT2D eigenvalue weighted by Crippen LogP contribution is -2.34. The van der Waals surface area contributed by atoms with Crippen LogP contribution in [0.25, 0.3) is 10.9 Å². The van der Waals surface area contributed by atoms with Crippen LogP contribution in [0.4, 0.5) is 0 Å². The molecular weight excluding hydrogens is 420 g/mol. The topological polar surface area (TPSA) is 46.0 Å². The van der Waals surface area contributed by atoms with Crippen molar-refractivity contribution in [2.45, 2.75) is 32.1 Å². The van der Waals surface area contributed by atoms with Crippen LogP contribution < -0.4 is 4.57 Å². The largest absolute Gasteiger partial charge is 0.462 e. The number of ether oxygens (including phenoxy) is 1. The van der Waals surface area contributed by atoms with E-state index in [1.54, 1.807) is 0 Å². The highest BCUT2D eigenvalue weighted by molar-refractivity contribution is 9.10. The highest BCUT2D eigenvalue weighted by Gasteiger charge is 2.18. The second-order valence-corrected chi connectivity index (χ2v) is 14.6. The molecule has 2 aromatic heterocycles. The third kappa shape index (κ3) is 4.87. The first-order chi connectivity index (χ1) is 12.7. The zero-order chi connectivity index (χ0) is 19.6. The zero-order valence-electron chi connectivity index (χ0n) is 16.3. The van der Waals surface area contributed by atoms with Crippen molar-refractivity contribution in [1.82, 2.24) is 4.98 Å².